The third-order valence-corrected chi connectivity index (χ3v) is 5.79. The van der Waals surface area contributed by atoms with Gasteiger partial charge in [-0.15, -0.1) is 0 Å². The first kappa shape index (κ1) is 19.5. The Morgan fingerprint density at radius 3 is 2.59 bits per heavy atom. The second kappa shape index (κ2) is 8.43. The van der Waals surface area contributed by atoms with Crippen LogP contribution in [-0.2, 0) is 33.2 Å². The Hall–Kier alpha value is -3.13. The van der Waals surface area contributed by atoms with Crippen LogP contribution in [0, 0.1) is 0 Å². The van der Waals surface area contributed by atoms with E-state index >= 15 is 0 Å². The van der Waals surface area contributed by atoms with Crippen molar-refractivity contribution in [3.05, 3.63) is 69.7 Å². The molecule has 0 aliphatic carbocycles. The minimum atomic E-state index is -3.91. The summed E-state index contributed by atoms with van der Waals surface area (Å²) in [6.07, 6.45) is -3.26. The van der Waals surface area contributed by atoms with E-state index in [9.17, 15) is 28.0 Å². The first-order chi connectivity index (χ1) is 15.9. The van der Waals surface area contributed by atoms with Gasteiger partial charge in [0.25, 0.3) is 5.91 Å². The number of amides is 3. The summed E-state index contributed by atoms with van der Waals surface area (Å²) in [7, 11) is 0. The van der Waals surface area contributed by atoms with E-state index in [1.54, 1.807) is 0 Å². The van der Waals surface area contributed by atoms with Crippen molar-refractivity contribution in [3.8, 4) is 0 Å². The van der Waals surface area contributed by atoms with Crippen LogP contribution in [-0.4, -0.2) is 34.4 Å². The molecule has 32 heavy (non-hydrogen) atoms. The van der Waals surface area contributed by atoms with Crippen molar-refractivity contribution < 1.29 is 30.7 Å². The molecule has 9 heteroatoms. The number of nitrogens with zero attached hydrogens (tertiary/aromatic N) is 1. The number of alkyl halides is 2. The van der Waals surface area contributed by atoms with Crippen molar-refractivity contribution in [1.82, 2.24) is 10.2 Å². The molecule has 2 heterocycles. The lowest BCUT2D eigenvalue weighted by molar-refractivity contribution is -0.144. The van der Waals surface area contributed by atoms with Crippen molar-refractivity contribution in [1.29, 1.82) is 0 Å². The quantitative estimate of drug-likeness (QED) is 0.667. The predicted octanol–water partition coefficient (Wildman–Crippen LogP) is 3.39. The molecule has 6 nitrogen and oxygen atoms in total. The molecule has 1 fully saturated rings. The fourth-order valence-corrected chi connectivity index (χ4v) is 3.92. The lowest BCUT2D eigenvalue weighted by Gasteiger charge is -2.29. The van der Waals surface area contributed by atoms with Gasteiger partial charge in [0.2, 0.25) is 17.6 Å². The van der Waals surface area contributed by atoms with Gasteiger partial charge in [-0.2, -0.15) is 8.78 Å². The van der Waals surface area contributed by atoms with Crippen molar-refractivity contribution >= 4 is 35.1 Å². The van der Waals surface area contributed by atoms with E-state index < -0.39 is 53.8 Å². The second-order valence-corrected chi connectivity index (χ2v) is 8.07. The molecule has 0 aromatic heterocycles. The molecule has 1 saturated heterocycles. The van der Waals surface area contributed by atoms with Crippen LogP contribution in [0.1, 0.15) is 49.1 Å². The number of fused-ring (bicyclic) bond motifs is 1. The molecule has 1 unspecified atom stereocenters. The van der Waals surface area contributed by atoms with Crippen LogP contribution in [0.4, 0.5) is 8.78 Å². The van der Waals surface area contributed by atoms with Crippen LogP contribution >= 0.6 is 11.6 Å². The summed E-state index contributed by atoms with van der Waals surface area (Å²) < 4.78 is 45.9. The molecule has 0 radical (unpaired) electrons. The molecule has 2 aliphatic rings. The van der Waals surface area contributed by atoms with E-state index in [0.29, 0.717) is 5.56 Å². The minimum absolute atomic E-state index is 0.000749. The molecular formula is C23H19ClF2N2O4. The second-order valence-electron chi connectivity index (χ2n) is 7.63. The Labute approximate surface area is 190 Å². The Morgan fingerprint density at radius 1 is 1.19 bits per heavy atom. The van der Waals surface area contributed by atoms with Gasteiger partial charge in [0.15, 0.2) is 0 Å². The van der Waals surface area contributed by atoms with Crippen molar-refractivity contribution in [2.45, 2.75) is 44.1 Å². The average Bonchev–Trinajstić information content (AvgIpc) is 3.09. The Kier molecular flexibility index (Phi) is 5.15. The maximum atomic E-state index is 14.6. The Balaban J connectivity index is 1.53. The monoisotopic (exact) mass is 462 g/mol. The summed E-state index contributed by atoms with van der Waals surface area (Å²) in [5.74, 6) is -6.94. The first-order valence-electron chi connectivity index (χ1n) is 10.9. The van der Waals surface area contributed by atoms with E-state index in [0.717, 1.165) is 12.1 Å². The topological polar surface area (TPSA) is 83.6 Å². The van der Waals surface area contributed by atoms with Crippen molar-refractivity contribution in [2.75, 3.05) is 0 Å². The number of hydrogen-bond donors (Lipinski definition) is 1. The number of rotatable bonds is 6. The number of hydrogen-bond acceptors (Lipinski definition) is 4. The molecule has 2 aliphatic heterocycles. The van der Waals surface area contributed by atoms with Crippen molar-refractivity contribution in [2.24, 2.45) is 0 Å². The molecule has 0 bridgehead atoms. The molecule has 2 aromatic rings. The standard InChI is InChI=1S/C23H19ClF2N2O4/c24-16-5-3-15(4-6-16)23(25,26)19(29)9-2-13-1-7-17-14(11-13)12-28(22(17)32)18-8-10-20(30)27-21(18)31/h1,3-7,11,18H,2,8-10,12H2,(H,27,30,31)/i2D2. The summed E-state index contributed by atoms with van der Waals surface area (Å²) >= 11 is 5.70. The molecular weight excluding hydrogens is 442 g/mol. The van der Waals surface area contributed by atoms with Gasteiger partial charge in [-0.05, 0) is 42.1 Å². The van der Waals surface area contributed by atoms with Gasteiger partial charge in [-0.1, -0.05) is 35.9 Å². The van der Waals surface area contributed by atoms with Gasteiger partial charge in [0.1, 0.15) is 6.04 Å². The Morgan fingerprint density at radius 2 is 1.91 bits per heavy atom. The highest BCUT2D eigenvalue weighted by molar-refractivity contribution is 6.30. The summed E-state index contributed by atoms with van der Waals surface area (Å²) in [6, 6.07) is 7.62. The number of nitrogens with one attached hydrogen (secondary N) is 1. The number of carbonyl (C=O) groups excluding carboxylic acids is 4. The molecule has 166 valence electrons. The van der Waals surface area contributed by atoms with Gasteiger partial charge in [0.05, 0.1) is 0 Å². The molecule has 0 saturated carbocycles. The van der Waals surface area contributed by atoms with Crippen LogP contribution < -0.4 is 5.32 Å². The summed E-state index contributed by atoms with van der Waals surface area (Å²) in [5, 5.41) is 2.42. The fraction of sp³-hybridized carbons (Fsp3) is 0.304. The number of carbonyl (C=O) groups is 4. The lowest BCUT2D eigenvalue weighted by Crippen LogP contribution is -2.52. The summed E-state index contributed by atoms with van der Waals surface area (Å²) in [4.78, 5) is 50.0. The van der Waals surface area contributed by atoms with E-state index in [2.05, 4.69) is 5.32 Å². The molecule has 3 amide bonds. The average molecular weight is 463 g/mol. The zero-order valence-corrected chi connectivity index (χ0v) is 17.4. The number of halogens is 3. The molecule has 1 atom stereocenters. The number of piperidine rings is 1. The van der Waals surface area contributed by atoms with Crippen LogP contribution in [0.25, 0.3) is 0 Å². The number of Topliss-reactive ketones (excluding diaryl/α,β-unsaturated/α-hetero) is 1. The van der Waals surface area contributed by atoms with Crippen LogP contribution in [0.2, 0.25) is 5.02 Å². The number of imide groups is 1. The van der Waals surface area contributed by atoms with Crippen LogP contribution in [0.15, 0.2) is 42.5 Å². The van der Waals surface area contributed by atoms with Crippen LogP contribution in [0.3, 0.4) is 0 Å². The van der Waals surface area contributed by atoms with E-state index in [1.165, 1.54) is 35.2 Å². The highest BCUT2D eigenvalue weighted by Crippen LogP contribution is 2.32. The predicted molar refractivity (Wildman–Crippen MR) is 111 cm³/mol. The van der Waals surface area contributed by atoms with Gasteiger partial charge in [0, 0.05) is 38.3 Å². The molecule has 0 spiro atoms. The largest absolute Gasteiger partial charge is 0.330 e. The maximum absolute atomic E-state index is 14.6. The summed E-state index contributed by atoms with van der Waals surface area (Å²) in [6.45, 7) is -0.000749. The smallest absolute Gasteiger partial charge is 0.322 e. The molecule has 1 N–H and O–H groups in total. The molecule has 4 rings (SSSR count). The normalized spacial score (nSPS) is 19.9. The SMILES string of the molecule is [2H]C([2H])(CC(=O)C(F)(F)c1ccc(Cl)cc1)c1ccc2c(c1)CN(C1CCC(=O)NC1=O)C2=O. The van der Waals surface area contributed by atoms with E-state index in [1.807, 2.05) is 0 Å². The highest BCUT2D eigenvalue weighted by Gasteiger charge is 2.41. The zero-order chi connectivity index (χ0) is 24.8. The van der Waals surface area contributed by atoms with E-state index in [4.69, 9.17) is 14.3 Å². The Bertz CT molecular complexity index is 1200. The highest BCUT2D eigenvalue weighted by atomic mass is 35.5. The zero-order valence-electron chi connectivity index (χ0n) is 18.7. The third-order valence-electron chi connectivity index (χ3n) is 5.53. The van der Waals surface area contributed by atoms with Gasteiger partial charge >= 0.3 is 5.92 Å². The minimum Gasteiger partial charge on any atom is -0.322 e. The maximum Gasteiger partial charge on any atom is 0.330 e. The van der Waals surface area contributed by atoms with Crippen LogP contribution in [0.5, 0.6) is 0 Å². The van der Waals surface area contributed by atoms with E-state index in [-0.39, 0.29) is 35.5 Å². The number of benzene rings is 2. The number of aryl methyl sites for hydroxylation is 1. The molecule has 2 aromatic carbocycles. The third kappa shape index (κ3) is 4.14. The van der Waals surface area contributed by atoms with Gasteiger partial charge in [-0.25, -0.2) is 0 Å². The fourth-order valence-electron chi connectivity index (χ4n) is 3.80. The van der Waals surface area contributed by atoms with Crippen molar-refractivity contribution in [3.63, 3.8) is 0 Å². The van der Waals surface area contributed by atoms with Gasteiger partial charge in [-0.3, -0.25) is 24.5 Å². The van der Waals surface area contributed by atoms with Gasteiger partial charge < -0.3 is 4.90 Å². The number of ketones is 1. The first-order valence-corrected chi connectivity index (χ1v) is 10.2. The summed E-state index contributed by atoms with van der Waals surface area (Å²) in [5.41, 5.74) is 0.0385. The lowest BCUT2D eigenvalue weighted by atomic mass is 9.97.